The van der Waals surface area contributed by atoms with E-state index in [1.165, 1.54) is 20.1 Å². The summed E-state index contributed by atoms with van der Waals surface area (Å²) < 4.78 is 32.5. The molecule has 0 heterocycles. The lowest BCUT2D eigenvalue weighted by atomic mass is 10.0. The Hall–Kier alpha value is -1.97. The topological polar surface area (TPSA) is 26.3 Å². The number of methoxy groups -OCH3 is 1. The van der Waals surface area contributed by atoms with Crippen LogP contribution in [0.5, 0.6) is 5.75 Å². The molecule has 2 rings (SSSR count). The molecule has 4 heteroatoms. The van der Waals surface area contributed by atoms with Crippen molar-refractivity contribution in [2.75, 3.05) is 7.11 Å². The summed E-state index contributed by atoms with van der Waals surface area (Å²) in [6.07, 6.45) is 0. The molecule has 0 aromatic heterocycles. The number of hydrogen-bond donors (Lipinski definition) is 0. The summed E-state index contributed by atoms with van der Waals surface area (Å²) in [7, 11) is 1.32. The van der Waals surface area contributed by atoms with Gasteiger partial charge in [-0.05, 0) is 6.92 Å². The van der Waals surface area contributed by atoms with Gasteiger partial charge in [0.25, 0.3) is 0 Å². The van der Waals surface area contributed by atoms with Crippen molar-refractivity contribution in [1.82, 2.24) is 0 Å². The molecule has 2 aromatic carbocycles. The van der Waals surface area contributed by atoms with Crippen LogP contribution in [-0.4, -0.2) is 12.9 Å². The van der Waals surface area contributed by atoms with E-state index in [0.717, 1.165) is 0 Å². The van der Waals surface area contributed by atoms with Gasteiger partial charge in [0, 0.05) is 10.8 Å². The van der Waals surface area contributed by atoms with Crippen molar-refractivity contribution in [3.8, 4) is 5.75 Å². The van der Waals surface area contributed by atoms with Crippen LogP contribution < -0.4 is 4.74 Å². The maximum Gasteiger partial charge on any atom is 0.174 e. The summed E-state index contributed by atoms with van der Waals surface area (Å²) in [5, 5.41) is 0.492. The molecule has 0 aliphatic heterocycles. The van der Waals surface area contributed by atoms with Crippen LogP contribution in [0.15, 0.2) is 24.3 Å². The Kier molecular flexibility index (Phi) is 2.79. The van der Waals surface area contributed by atoms with Crippen LogP contribution >= 0.6 is 0 Å². The molecule has 0 saturated carbocycles. The molecule has 0 aliphatic carbocycles. The average Bonchev–Trinajstić information content (AvgIpc) is 2.33. The van der Waals surface area contributed by atoms with Gasteiger partial charge in [0.2, 0.25) is 0 Å². The first kappa shape index (κ1) is 11.5. The summed E-state index contributed by atoms with van der Waals surface area (Å²) in [5.74, 6) is -2.67. The highest BCUT2D eigenvalue weighted by atomic mass is 19.2. The van der Waals surface area contributed by atoms with E-state index in [0.29, 0.717) is 5.39 Å². The molecule has 0 atom stereocenters. The van der Waals surface area contributed by atoms with E-state index in [1.54, 1.807) is 18.2 Å². The molecular formula is C13H10F2O2. The molecule has 17 heavy (non-hydrogen) atoms. The summed E-state index contributed by atoms with van der Waals surface area (Å²) in [6, 6.07) is 6.30. The number of carbonyl (C=O) groups is 1. The average molecular weight is 236 g/mol. The predicted molar refractivity (Wildman–Crippen MR) is 60.4 cm³/mol. The SMILES string of the molecule is COc1c(C(C)=O)c(F)c(F)c2ccccc12. The zero-order chi connectivity index (χ0) is 12.6. The molecular weight excluding hydrogens is 226 g/mol. The number of halogens is 2. The lowest BCUT2D eigenvalue weighted by molar-refractivity contribution is 0.101. The van der Waals surface area contributed by atoms with Crippen LogP contribution in [-0.2, 0) is 0 Å². The van der Waals surface area contributed by atoms with Crippen molar-refractivity contribution < 1.29 is 18.3 Å². The van der Waals surface area contributed by atoms with Crippen LogP contribution in [0.25, 0.3) is 10.8 Å². The van der Waals surface area contributed by atoms with Crippen LogP contribution in [0, 0.1) is 11.6 Å². The van der Waals surface area contributed by atoms with Gasteiger partial charge in [-0.1, -0.05) is 24.3 Å². The maximum absolute atomic E-state index is 13.8. The number of ether oxygens (including phenoxy) is 1. The monoisotopic (exact) mass is 236 g/mol. The predicted octanol–water partition coefficient (Wildman–Crippen LogP) is 3.33. The van der Waals surface area contributed by atoms with E-state index in [2.05, 4.69) is 0 Å². The number of ketones is 1. The van der Waals surface area contributed by atoms with Crippen molar-refractivity contribution in [3.63, 3.8) is 0 Å². The van der Waals surface area contributed by atoms with Crippen molar-refractivity contribution in [3.05, 3.63) is 41.5 Å². The third-order valence-electron chi connectivity index (χ3n) is 2.60. The zero-order valence-electron chi connectivity index (χ0n) is 9.38. The molecule has 88 valence electrons. The van der Waals surface area contributed by atoms with E-state index in [-0.39, 0.29) is 16.7 Å². The molecule has 0 bridgehead atoms. The van der Waals surface area contributed by atoms with Gasteiger partial charge in [0.15, 0.2) is 17.4 Å². The maximum atomic E-state index is 13.8. The summed E-state index contributed by atoms with van der Waals surface area (Å²) in [6.45, 7) is 1.18. The van der Waals surface area contributed by atoms with E-state index in [4.69, 9.17) is 4.74 Å². The normalized spacial score (nSPS) is 10.6. The van der Waals surface area contributed by atoms with Crippen LogP contribution in [0.3, 0.4) is 0 Å². The number of hydrogen-bond acceptors (Lipinski definition) is 2. The van der Waals surface area contributed by atoms with Crippen LogP contribution in [0.4, 0.5) is 8.78 Å². The van der Waals surface area contributed by atoms with Gasteiger partial charge < -0.3 is 4.74 Å². The Labute approximate surface area is 96.8 Å². The Morgan fingerprint density at radius 3 is 2.24 bits per heavy atom. The quantitative estimate of drug-likeness (QED) is 0.747. The second-order valence-corrected chi connectivity index (χ2v) is 3.64. The number of Topliss-reactive ketones (excluding diaryl/α,β-unsaturated/α-hetero) is 1. The van der Waals surface area contributed by atoms with Crippen LogP contribution in [0.2, 0.25) is 0 Å². The van der Waals surface area contributed by atoms with Crippen molar-refractivity contribution >= 4 is 16.6 Å². The largest absolute Gasteiger partial charge is 0.495 e. The van der Waals surface area contributed by atoms with E-state index in [9.17, 15) is 13.6 Å². The Morgan fingerprint density at radius 1 is 1.12 bits per heavy atom. The molecule has 0 unspecified atom stereocenters. The highest BCUT2D eigenvalue weighted by Gasteiger charge is 2.22. The van der Waals surface area contributed by atoms with Gasteiger partial charge in [-0.2, -0.15) is 0 Å². The number of fused-ring (bicyclic) bond motifs is 1. The highest BCUT2D eigenvalue weighted by molar-refractivity contribution is 6.04. The zero-order valence-corrected chi connectivity index (χ0v) is 9.38. The molecule has 0 amide bonds. The third-order valence-corrected chi connectivity index (χ3v) is 2.60. The molecule has 0 saturated heterocycles. The number of carbonyl (C=O) groups excluding carboxylic acids is 1. The Bertz CT molecular complexity index is 606. The molecule has 0 spiro atoms. The minimum atomic E-state index is -1.16. The number of benzene rings is 2. The fraction of sp³-hybridized carbons (Fsp3) is 0.154. The fourth-order valence-corrected chi connectivity index (χ4v) is 1.86. The summed E-state index contributed by atoms with van der Waals surface area (Å²) >= 11 is 0. The summed E-state index contributed by atoms with van der Waals surface area (Å²) in [4.78, 5) is 11.4. The lowest BCUT2D eigenvalue weighted by Gasteiger charge is -2.12. The minimum Gasteiger partial charge on any atom is -0.495 e. The summed E-state index contributed by atoms with van der Waals surface area (Å²) in [5.41, 5.74) is -0.344. The smallest absolute Gasteiger partial charge is 0.174 e. The third kappa shape index (κ3) is 1.65. The van der Waals surface area contributed by atoms with E-state index >= 15 is 0 Å². The first-order valence-corrected chi connectivity index (χ1v) is 5.02. The second-order valence-electron chi connectivity index (χ2n) is 3.64. The Morgan fingerprint density at radius 2 is 1.71 bits per heavy atom. The first-order chi connectivity index (χ1) is 8.07. The molecule has 2 nitrogen and oxygen atoms in total. The molecule has 2 aromatic rings. The van der Waals surface area contributed by atoms with Crippen LogP contribution in [0.1, 0.15) is 17.3 Å². The van der Waals surface area contributed by atoms with Crippen molar-refractivity contribution in [2.24, 2.45) is 0 Å². The van der Waals surface area contributed by atoms with Gasteiger partial charge in [0.1, 0.15) is 5.75 Å². The van der Waals surface area contributed by atoms with Gasteiger partial charge in [-0.3, -0.25) is 4.79 Å². The van der Waals surface area contributed by atoms with E-state index in [1.807, 2.05) is 0 Å². The second kappa shape index (κ2) is 4.13. The molecule has 0 N–H and O–H groups in total. The highest BCUT2D eigenvalue weighted by Crippen LogP contribution is 2.34. The molecule has 0 aliphatic rings. The van der Waals surface area contributed by atoms with Gasteiger partial charge in [0.05, 0.1) is 12.7 Å². The molecule has 0 radical (unpaired) electrons. The van der Waals surface area contributed by atoms with Gasteiger partial charge >= 0.3 is 0 Å². The fourth-order valence-electron chi connectivity index (χ4n) is 1.86. The van der Waals surface area contributed by atoms with Crippen molar-refractivity contribution in [1.29, 1.82) is 0 Å². The lowest BCUT2D eigenvalue weighted by Crippen LogP contribution is -2.05. The number of rotatable bonds is 2. The molecule has 0 fully saturated rings. The standard InChI is InChI=1S/C13H10F2O2/c1-7(16)10-12(15)11(14)8-5-3-4-6-9(8)13(10)17-2/h3-6H,1-2H3. The Balaban J connectivity index is 3.00. The van der Waals surface area contributed by atoms with Crippen molar-refractivity contribution in [2.45, 2.75) is 6.92 Å². The van der Waals surface area contributed by atoms with E-state index < -0.39 is 17.4 Å². The van der Waals surface area contributed by atoms with Gasteiger partial charge in [-0.25, -0.2) is 8.78 Å². The minimum absolute atomic E-state index is 0.0759. The first-order valence-electron chi connectivity index (χ1n) is 5.02. The van der Waals surface area contributed by atoms with Gasteiger partial charge in [-0.15, -0.1) is 0 Å².